The van der Waals surface area contributed by atoms with E-state index in [2.05, 4.69) is 31.4 Å². The lowest BCUT2D eigenvalue weighted by molar-refractivity contribution is -0.120. The topological polar surface area (TPSA) is 41.1 Å². The highest BCUT2D eigenvalue weighted by Gasteiger charge is 2.46. The molecule has 3 nitrogen and oxygen atoms in total. The Balaban J connectivity index is 2.06. The summed E-state index contributed by atoms with van der Waals surface area (Å²) >= 11 is 0. The van der Waals surface area contributed by atoms with Crippen LogP contribution >= 0.6 is 0 Å². The molecule has 1 unspecified atom stereocenters. The summed E-state index contributed by atoms with van der Waals surface area (Å²) in [6.07, 6.45) is 2.19. The third-order valence-corrected chi connectivity index (χ3v) is 2.56. The molecule has 0 spiro atoms. The van der Waals surface area contributed by atoms with Gasteiger partial charge in [0.15, 0.2) is 0 Å². The first-order valence-electron chi connectivity index (χ1n) is 5.06. The van der Waals surface area contributed by atoms with Gasteiger partial charge in [-0.1, -0.05) is 20.8 Å². The third kappa shape index (κ3) is 3.35. The SMILES string of the molecule is CCCNCC(=O)NC1CC1(C)C. The number of amides is 1. The molecule has 2 N–H and O–H groups in total. The van der Waals surface area contributed by atoms with Crippen molar-refractivity contribution < 1.29 is 4.79 Å². The molecular formula is C10H20N2O. The van der Waals surface area contributed by atoms with Gasteiger partial charge in [0, 0.05) is 6.04 Å². The molecule has 1 amide bonds. The second-order valence-electron chi connectivity index (χ2n) is 4.49. The molecule has 0 bridgehead atoms. The summed E-state index contributed by atoms with van der Waals surface area (Å²) in [6.45, 7) is 7.83. The Hall–Kier alpha value is -0.570. The van der Waals surface area contributed by atoms with E-state index in [1.807, 2.05) is 0 Å². The normalized spacial score (nSPS) is 24.1. The summed E-state index contributed by atoms with van der Waals surface area (Å²) in [7, 11) is 0. The Morgan fingerprint density at radius 1 is 1.54 bits per heavy atom. The van der Waals surface area contributed by atoms with Crippen LogP contribution in [0.3, 0.4) is 0 Å². The Kier molecular flexibility index (Phi) is 3.31. The molecule has 1 aliphatic carbocycles. The lowest BCUT2D eigenvalue weighted by Crippen LogP contribution is -2.36. The van der Waals surface area contributed by atoms with Crippen LogP contribution in [-0.4, -0.2) is 25.0 Å². The number of nitrogens with one attached hydrogen (secondary N) is 2. The van der Waals surface area contributed by atoms with E-state index in [0.717, 1.165) is 19.4 Å². The van der Waals surface area contributed by atoms with Gasteiger partial charge in [-0.2, -0.15) is 0 Å². The first kappa shape index (κ1) is 10.5. The van der Waals surface area contributed by atoms with Crippen molar-refractivity contribution in [2.24, 2.45) is 5.41 Å². The predicted molar refractivity (Wildman–Crippen MR) is 53.5 cm³/mol. The van der Waals surface area contributed by atoms with Gasteiger partial charge in [-0.3, -0.25) is 4.79 Å². The second kappa shape index (κ2) is 4.09. The van der Waals surface area contributed by atoms with Crippen molar-refractivity contribution in [3.8, 4) is 0 Å². The van der Waals surface area contributed by atoms with Gasteiger partial charge in [0.05, 0.1) is 6.54 Å². The van der Waals surface area contributed by atoms with Crippen molar-refractivity contribution in [3.63, 3.8) is 0 Å². The molecule has 3 heteroatoms. The number of rotatable bonds is 5. The summed E-state index contributed by atoms with van der Waals surface area (Å²) in [5.41, 5.74) is 0.334. The number of hydrogen-bond donors (Lipinski definition) is 2. The van der Waals surface area contributed by atoms with E-state index in [9.17, 15) is 4.79 Å². The molecule has 1 atom stereocenters. The fourth-order valence-corrected chi connectivity index (χ4v) is 1.34. The van der Waals surface area contributed by atoms with Crippen LogP contribution < -0.4 is 10.6 Å². The average molecular weight is 184 g/mol. The fraction of sp³-hybridized carbons (Fsp3) is 0.900. The van der Waals surface area contributed by atoms with E-state index in [4.69, 9.17) is 0 Å². The van der Waals surface area contributed by atoms with Crippen LogP contribution in [0.25, 0.3) is 0 Å². The maximum atomic E-state index is 11.3. The summed E-state index contributed by atoms with van der Waals surface area (Å²) in [5.74, 6) is 0.129. The molecular weight excluding hydrogens is 164 g/mol. The molecule has 0 aromatic rings. The molecule has 0 aromatic carbocycles. The van der Waals surface area contributed by atoms with Crippen molar-refractivity contribution >= 4 is 5.91 Å². The number of hydrogen-bond acceptors (Lipinski definition) is 2. The van der Waals surface area contributed by atoms with Gasteiger partial charge >= 0.3 is 0 Å². The molecule has 1 aliphatic rings. The van der Waals surface area contributed by atoms with Crippen LogP contribution in [0.5, 0.6) is 0 Å². The highest BCUT2D eigenvalue weighted by Crippen LogP contribution is 2.44. The molecule has 76 valence electrons. The van der Waals surface area contributed by atoms with Crippen LogP contribution in [0, 0.1) is 5.41 Å². The fourth-order valence-electron chi connectivity index (χ4n) is 1.34. The van der Waals surface area contributed by atoms with Crippen LogP contribution in [-0.2, 0) is 4.79 Å². The van der Waals surface area contributed by atoms with E-state index in [1.54, 1.807) is 0 Å². The van der Waals surface area contributed by atoms with E-state index < -0.39 is 0 Å². The second-order valence-corrected chi connectivity index (χ2v) is 4.49. The quantitative estimate of drug-likeness (QED) is 0.623. The maximum Gasteiger partial charge on any atom is 0.234 e. The van der Waals surface area contributed by atoms with E-state index in [1.165, 1.54) is 0 Å². The lowest BCUT2D eigenvalue weighted by atomic mass is 10.2. The Bertz CT molecular complexity index is 189. The largest absolute Gasteiger partial charge is 0.352 e. The van der Waals surface area contributed by atoms with Gasteiger partial charge < -0.3 is 10.6 Å². The van der Waals surface area contributed by atoms with Crippen molar-refractivity contribution in [2.45, 2.75) is 39.7 Å². The van der Waals surface area contributed by atoms with E-state index in [0.29, 0.717) is 18.0 Å². The van der Waals surface area contributed by atoms with Crippen LogP contribution in [0.2, 0.25) is 0 Å². The van der Waals surface area contributed by atoms with Crippen LogP contribution in [0.4, 0.5) is 0 Å². The van der Waals surface area contributed by atoms with Crippen LogP contribution in [0.1, 0.15) is 33.6 Å². The van der Waals surface area contributed by atoms with Gasteiger partial charge in [-0.15, -0.1) is 0 Å². The predicted octanol–water partition coefficient (Wildman–Crippen LogP) is 0.901. The summed E-state index contributed by atoms with van der Waals surface area (Å²) < 4.78 is 0. The van der Waals surface area contributed by atoms with Crippen molar-refractivity contribution in [1.82, 2.24) is 10.6 Å². The molecule has 1 fully saturated rings. The first-order valence-corrected chi connectivity index (χ1v) is 5.06. The molecule has 0 aromatic heterocycles. The van der Waals surface area contributed by atoms with E-state index in [-0.39, 0.29) is 5.91 Å². The molecule has 0 saturated heterocycles. The highest BCUT2D eigenvalue weighted by atomic mass is 16.2. The lowest BCUT2D eigenvalue weighted by Gasteiger charge is -2.07. The smallest absolute Gasteiger partial charge is 0.234 e. The summed E-state index contributed by atoms with van der Waals surface area (Å²) in [5, 5.41) is 6.08. The van der Waals surface area contributed by atoms with Crippen molar-refractivity contribution in [3.05, 3.63) is 0 Å². The molecule has 0 aliphatic heterocycles. The molecule has 0 heterocycles. The Morgan fingerprint density at radius 3 is 2.62 bits per heavy atom. The van der Waals surface area contributed by atoms with Crippen molar-refractivity contribution in [1.29, 1.82) is 0 Å². The minimum absolute atomic E-state index is 0.129. The molecule has 1 rings (SSSR count). The Morgan fingerprint density at radius 2 is 2.15 bits per heavy atom. The van der Waals surface area contributed by atoms with Gasteiger partial charge in [-0.05, 0) is 24.8 Å². The minimum atomic E-state index is 0.129. The zero-order valence-corrected chi connectivity index (χ0v) is 8.81. The molecule has 0 radical (unpaired) electrons. The average Bonchev–Trinajstić information content (AvgIpc) is 2.59. The third-order valence-electron chi connectivity index (χ3n) is 2.56. The number of carbonyl (C=O) groups is 1. The highest BCUT2D eigenvalue weighted by molar-refractivity contribution is 5.78. The van der Waals surface area contributed by atoms with Gasteiger partial charge in [0.2, 0.25) is 5.91 Å². The minimum Gasteiger partial charge on any atom is -0.352 e. The van der Waals surface area contributed by atoms with Gasteiger partial charge in [0.1, 0.15) is 0 Å². The maximum absolute atomic E-state index is 11.3. The summed E-state index contributed by atoms with van der Waals surface area (Å²) in [4.78, 5) is 11.3. The summed E-state index contributed by atoms with van der Waals surface area (Å²) in [6, 6.07) is 0.406. The Labute approximate surface area is 80.3 Å². The molecule has 13 heavy (non-hydrogen) atoms. The first-order chi connectivity index (χ1) is 6.06. The number of carbonyl (C=O) groups excluding carboxylic acids is 1. The molecule has 1 saturated carbocycles. The zero-order chi connectivity index (χ0) is 9.90. The van der Waals surface area contributed by atoms with Gasteiger partial charge in [-0.25, -0.2) is 0 Å². The van der Waals surface area contributed by atoms with Crippen molar-refractivity contribution in [2.75, 3.05) is 13.1 Å². The van der Waals surface area contributed by atoms with Crippen LogP contribution in [0.15, 0.2) is 0 Å². The zero-order valence-electron chi connectivity index (χ0n) is 8.81. The standard InChI is InChI=1S/C10H20N2O/c1-4-5-11-7-9(13)12-8-6-10(8,2)3/h8,11H,4-7H2,1-3H3,(H,12,13). The monoisotopic (exact) mass is 184 g/mol. The van der Waals surface area contributed by atoms with Gasteiger partial charge in [0.25, 0.3) is 0 Å². The van der Waals surface area contributed by atoms with E-state index >= 15 is 0 Å².